The van der Waals surface area contributed by atoms with Gasteiger partial charge < -0.3 is 10.8 Å². The second kappa shape index (κ2) is 4.66. The SMILES string of the molecule is Cc1ccccc1-c1cc(N)c(Cl)c(C(=O)O)n1. The van der Waals surface area contributed by atoms with Gasteiger partial charge in [0.05, 0.1) is 16.4 Å². The van der Waals surface area contributed by atoms with Gasteiger partial charge in [-0.2, -0.15) is 0 Å². The lowest BCUT2D eigenvalue weighted by Gasteiger charge is -2.09. The number of aromatic carboxylic acids is 1. The van der Waals surface area contributed by atoms with Crippen LogP contribution in [0.1, 0.15) is 16.1 Å². The van der Waals surface area contributed by atoms with Gasteiger partial charge >= 0.3 is 5.97 Å². The monoisotopic (exact) mass is 262 g/mol. The van der Waals surface area contributed by atoms with Crippen molar-refractivity contribution in [3.05, 3.63) is 46.6 Å². The summed E-state index contributed by atoms with van der Waals surface area (Å²) < 4.78 is 0. The van der Waals surface area contributed by atoms with Gasteiger partial charge in [-0.1, -0.05) is 35.9 Å². The van der Waals surface area contributed by atoms with Crippen LogP contribution in [-0.4, -0.2) is 16.1 Å². The molecule has 2 aromatic rings. The Kier molecular flexibility index (Phi) is 3.21. The van der Waals surface area contributed by atoms with Gasteiger partial charge in [0.1, 0.15) is 0 Å². The number of carboxylic acid groups (broad SMARTS) is 1. The third-order valence-corrected chi connectivity index (χ3v) is 3.01. The van der Waals surface area contributed by atoms with E-state index in [4.69, 9.17) is 22.4 Å². The van der Waals surface area contributed by atoms with Gasteiger partial charge in [0.15, 0.2) is 5.69 Å². The molecule has 0 spiro atoms. The Morgan fingerprint density at radius 3 is 2.67 bits per heavy atom. The second-order valence-electron chi connectivity index (χ2n) is 3.88. The summed E-state index contributed by atoms with van der Waals surface area (Å²) in [4.78, 5) is 15.1. The van der Waals surface area contributed by atoms with Crippen LogP contribution in [0.5, 0.6) is 0 Å². The maximum absolute atomic E-state index is 11.0. The Morgan fingerprint density at radius 1 is 1.39 bits per heavy atom. The molecule has 0 fully saturated rings. The maximum Gasteiger partial charge on any atom is 0.356 e. The fourth-order valence-corrected chi connectivity index (χ4v) is 1.87. The highest BCUT2D eigenvalue weighted by molar-refractivity contribution is 6.35. The molecule has 0 atom stereocenters. The summed E-state index contributed by atoms with van der Waals surface area (Å²) in [5, 5.41) is 9.00. The number of benzene rings is 1. The van der Waals surface area contributed by atoms with E-state index in [0.717, 1.165) is 11.1 Å². The van der Waals surface area contributed by atoms with Crippen LogP contribution < -0.4 is 5.73 Å². The van der Waals surface area contributed by atoms with Crippen LogP contribution in [0.15, 0.2) is 30.3 Å². The number of rotatable bonds is 2. The third kappa shape index (κ3) is 2.15. The molecule has 1 aromatic carbocycles. The number of anilines is 1. The van der Waals surface area contributed by atoms with Crippen molar-refractivity contribution >= 4 is 23.3 Å². The van der Waals surface area contributed by atoms with Crippen molar-refractivity contribution in [2.24, 2.45) is 0 Å². The standard InChI is InChI=1S/C13H11ClN2O2/c1-7-4-2-3-5-8(7)10-6-9(15)11(14)12(16-10)13(17)18/h2-6H,1H3,(H2,15,16)(H,17,18). The van der Waals surface area contributed by atoms with Crippen LogP contribution in [0, 0.1) is 6.92 Å². The van der Waals surface area contributed by atoms with Gasteiger partial charge in [0, 0.05) is 5.56 Å². The highest BCUT2D eigenvalue weighted by atomic mass is 35.5. The van der Waals surface area contributed by atoms with Crippen LogP contribution in [-0.2, 0) is 0 Å². The summed E-state index contributed by atoms with van der Waals surface area (Å²) in [6, 6.07) is 9.11. The topological polar surface area (TPSA) is 76.2 Å². The highest BCUT2D eigenvalue weighted by Crippen LogP contribution is 2.29. The van der Waals surface area contributed by atoms with Gasteiger partial charge in [-0.15, -0.1) is 0 Å². The van der Waals surface area contributed by atoms with E-state index < -0.39 is 5.97 Å². The molecule has 5 heteroatoms. The van der Waals surface area contributed by atoms with E-state index >= 15 is 0 Å². The van der Waals surface area contributed by atoms with Gasteiger partial charge in [-0.25, -0.2) is 9.78 Å². The predicted octanol–water partition coefficient (Wildman–Crippen LogP) is 2.99. The molecule has 2 rings (SSSR count). The molecule has 1 aromatic heterocycles. The summed E-state index contributed by atoms with van der Waals surface area (Å²) in [6.45, 7) is 1.92. The molecule has 0 aliphatic heterocycles. The first-order valence-corrected chi connectivity index (χ1v) is 5.64. The highest BCUT2D eigenvalue weighted by Gasteiger charge is 2.16. The minimum Gasteiger partial charge on any atom is -0.476 e. The van der Waals surface area contributed by atoms with Crippen molar-refractivity contribution in [1.29, 1.82) is 0 Å². The maximum atomic E-state index is 11.0. The summed E-state index contributed by atoms with van der Waals surface area (Å²) in [7, 11) is 0. The zero-order chi connectivity index (χ0) is 13.3. The van der Waals surface area contributed by atoms with Crippen molar-refractivity contribution in [2.75, 3.05) is 5.73 Å². The molecular formula is C13H11ClN2O2. The normalized spacial score (nSPS) is 10.3. The molecule has 92 valence electrons. The molecular weight excluding hydrogens is 252 g/mol. The minimum atomic E-state index is -1.19. The lowest BCUT2D eigenvalue weighted by molar-refractivity contribution is 0.0691. The zero-order valence-corrected chi connectivity index (χ0v) is 10.4. The lowest BCUT2D eigenvalue weighted by Crippen LogP contribution is -2.05. The molecule has 0 aliphatic rings. The largest absolute Gasteiger partial charge is 0.476 e. The molecule has 0 unspecified atom stereocenters. The number of carbonyl (C=O) groups is 1. The van der Waals surface area contributed by atoms with Crippen LogP contribution in [0.2, 0.25) is 5.02 Å². The summed E-state index contributed by atoms with van der Waals surface area (Å²) >= 11 is 5.82. The molecule has 0 aliphatic carbocycles. The van der Waals surface area contributed by atoms with Gasteiger partial charge in [0.25, 0.3) is 0 Å². The molecule has 0 saturated carbocycles. The van der Waals surface area contributed by atoms with Crippen molar-refractivity contribution in [2.45, 2.75) is 6.92 Å². The van der Waals surface area contributed by atoms with E-state index in [1.807, 2.05) is 31.2 Å². The Balaban J connectivity index is 2.67. The van der Waals surface area contributed by atoms with Crippen molar-refractivity contribution < 1.29 is 9.90 Å². The van der Waals surface area contributed by atoms with Crippen LogP contribution in [0.25, 0.3) is 11.3 Å². The number of nitrogen functional groups attached to an aromatic ring is 1. The zero-order valence-electron chi connectivity index (χ0n) is 9.64. The molecule has 0 saturated heterocycles. The van der Waals surface area contributed by atoms with E-state index in [2.05, 4.69) is 4.98 Å². The first kappa shape index (κ1) is 12.4. The van der Waals surface area contributed by atoms with E-state index in [1.54, 1.807) is 6.07 Å². The molecule has 3 N–H and O–H groups in total. The average molecular weight is 263 g/mol. The van der Waals surface area contributed by atoms with Gasteiger partial charge in [0.2, 0.25) is 0 Å². The minimum absolute atomic E-state index is 0.0279. The summed E-state index contributed by atoms with van der Waals surface area (Å²) in [6.07, 6.45) is 0. The molecule has 0 radical (unpaired) electrons. The molecule has 0 amide bonds. The first-order chi connectivity index (χ1) is 8.50. The van der Waals surface area contributed by atoms with Crippen molar-refractivity contribution in [1.82, 2.24) is 4.98 Å². The van der Waals surface area contributed by atoms with E-state index in [-0.39, 0.29) is 16.4 Å². The number of nitrogens with two attached hydrogens (primary N) is 1. The van der Waals surface area contributed by atoms with Crippen LogP contribution in [0.3, 0.4) is 0 Å². The Hall–Kier alpha value is -2.07. The number of aromatic nitrogens is 1. The Bertz CT molecular complexity index is 626. The molecule has 1 heterocycles. The summed E-state index contributed by atoms with van der Waals surface area (Å²) in [5.41, 5.74) is 8.03. The van der Waals surface area contributed by atoms with Gasteiger partial charge in [-0.05, 0) is 18.6 Å². The number of nitrogens with zero attached hydrogens (tertiary/aromatic N) is 1. The second-order valence-corrected chi connectivity index (χ2v) is 4.26. The fraction of sp³-hybridized carbons (Fsp3) is 0.0769. The Labute approximate surface area is 109 Å². The molecule has 4 nitrogen and oxygen atoms in total. The fourth-order valence-electron chi connectivity index (χ4n) is 1.69. The summed E-state index contributed by atoms with van der Waals surface area (Å²) in [5.74, 6) is -1.19. The predicted molar refractivity (Wildman–Crippen MR) is 70.8 cm³/mol. The van der Waals surface area contributed by atoms with E-state index in [1.165, 1.54) is 0 Å². The molecule has 0 bridgehead atoms. The van der Waals surface area contributed by atoms with Gasteiger partial charge in [-0.3, -0.25) is 0 Å². The van der Waals surface area contributed by atoms with Crippen molar-refractivity contribution in [3.8, 4) is 11.3 Å². The van der Waals surface area contributed by atoms with Crippen LogP contribution in [0.4, 0.5) is 5.69 Å². The Morgan fingerprint density at radius 2 is 2.06 bits per heavy atom. The van der Waals surface area contributed by atoms with Crippen molar-refractivity contribution in [3.63, 3.8) is 0 Å². The third-order valence-electron chi connectivity index (χ3n) is 2.61. The number of pyridine rings is 1. The van der Waals surface area contributed by atoms with E-state index in [9.17, 15) is 4.79 Å². The first-order valence-electron chi connectivity index (χ1n) is 5.26. The van der Waals surface area contributed by atoms with Crippen LogP contribution >= 0.6 is 11.6 Å². The number of carboxylic acids is 1. The number of hydrogen-bond acceptors (Lipinski definition) is 3. The lowest BCUT2D eigenvalue weighted by atomic mass is 10.0. The quantitative estimate of drug-likeness (QED) is 0.872. The number of halogens is 1. The van der Waals surface area contributed by atoms with E-state index in [0.29, 0.717) is 5.69 Å². The smallest absolute Gasteiger partial charge is 0.356 e. The molecule has 18 heavy (non-hydrogen) atoms. The number of hydrogen-bond donors (Lipinski definition) is 2. The average Bonchev–Trinajstić information content (AvgIpc) is 2.33. The number of aryl methyl sites for hydroxylation is 1.